The Morgan fingerprint density at radius 1 is 1.24 bits per heavy atom. The third-order valence-corrected chi connectivity index (χ3v) is 7.14. The molecular weight excluding hydrogens is 370 g/mol. The third kappa shape index (κ3) is 3.85. The van der Waals surface area contributed by atoms with Gasteiger partial charge in [0.1, 0.15) is 0 Å². The number of nitrogens with zero attached hydrogens (tertiary/aromatic N) is 1. The van der Waals surface area contributed by atoms with Gasteiger partial charge in [-0.25, -0.2) is 4.79 Å². The highest BCUT2D eigenvalue weighted by Crippen LogP contribution is 2.47. The summed E-state index contributed by atoms with van der Waals surface area (Å²) in [6.07, 6.45) is 4.84. The number of fused-ring (bicyclic) bond motifs is 2. The summed E-state index contributed by atoms with van der Waals surface area (Å²) in [6.45, 7) is 3.96. The molecule has 7 heteroatoms. The van der Waals surface area contributed by atoms with E-state index in [-0.39, 0.29) is 17.2 Å². The molecule has 1 saturated heterocycles. The summed E-state index contributed by atoms with van der Waals surface area (Å²) in [4.78, 5) is 26.0. The van der Waals surface area contributed by atoms with Crippen LogP contribution in [-0.2, 0) is 14.9 Å². The van der Waals surface area contributed by atoms with Gasteiger partial charge >= 0.3 is 6.09 Å². The van der Waals surface area contributed by atoms with Crippen LogP contribution in [0.1, 0.15) is 51.0 Å². The van der Waals surface area contributed by atoms with E-state index in [4.69, 9.17) is 10.5 Å². The number of nitrogens with two attached hydrogens (primary N) is 1. The second-order valence-corrected chi connectivity index (χ2v) is 9.03. The minimum atomic E-state index is -0.967. The number of anilines is 2. The van der Waals surface area contributed by atoms with E-state index in [9.17, 15) is 14.7 Å². The molecule has 0 bridgehead atoms. The highest BCUT2D eigenvalue weighted by atomic mass is 16.5. The highest BCUT2D eigenvalue weighted by Gasteiger charge is 2.45. The lowest BCUT2D eigenvalue weighted by molar-refractivity contribution is -0.118. The van der Waals surface area contributed by atoms with Crippen LogP contribution in [-0.4, -0.2) is 42.9 Å². The minimum absolute atomic E-state index is 0.190. The van der Waals surface area contributed by atoms with E-state index in [1.807, 2.05) is 12.1 Å². The zero-order chi connectivity index (χ0) is 20.6. The molecule has 7 nitrogen and oxygen atoms in total. The molecule has 1 aliphatic carbocycles. The average Bonchev–Trinajstić information content (AvgIpc) is 3.02. The zero-order valence-corrected chi connectivity index (χ0v) is 17.0. The van der Waals surface area contributed by atoms with Gasteiger partial charge in [-0.2, -0.15) is 0 Å². The normalized spacial score (nSPS) is 26.8. The quantitative estimate of drug-likeness (QED) is 0.721. The largest absolute Gasteiger partial charge is 0.465 e. The lowest BCUT2D eigenvalue weighted by Gasteiger charge is -2.33. The summed E-state index contributed by atoms with van der Waals surface area (Å²) >= 11 is 0. The average molecular weight is 402 g/mol. The van der Waals surface area contributed by atoms with E-state index in [0.717, 1.165) is 44.1 Å². The van der Waals surface area contributed by atoms with E-state index in [1.165, 1.54) is 4.90 Å². The SMILES string of the molecule is C[C@H]1CC[C@H](C(N)C(=O)Nc2ccc3c(c2)N(C(=O)O)CC32CCOCC2)CC1. The van der Waals surface area contributed by atoms with Crippen molar-refractivity contribution in [1.29, 1.82) is 0 Å². The minimum Gasteiger partial charge on any atom is -0.465 e. The van der Waals surface area contributed by atoms with Gasteiger partial charge in [-0.3, -0.25) is 9.69 Å². The Kier molecular flexibility index (Phi) is 5.53. The Balaban J connectivity index is 1.52. The fourth-order valence-electron chi connectivity index (χ4n) is 5.20. The lowest BCUT2D eigenvalue weighted by Crippen LogP contribution is -2.43. The summed E-state index contributed by atoms with van der Waals surface area (Å²) in [7, 11) is 0. The molecule has 4 N–H and O–H groups in total. The Labute approximate surface area is 171 Å². The van der Waals surface area contributed by atoms with Crippen molar-refractivity contribution in [3.63, 3.8) is 0 Å². The second-order valence-electron chi connectivity index (χ2n) is 9.03. The molecule has 158 valence electrons. The fraction of sp³-hybridized carbons (Fsp3) is 0.636. The van der Waals surface area contributed by atoms with Crippen LogP contribution in [0, 0.1) is 11.8 Å². The van der Waals surface area contributed by atoms with Crippen LogP contribution in [0.5, 0.6) is 0 Å². The molecule has 1 spiro atoms. The maximum atomic E-state index is 12.7. The molecule has 2 amide bonds. The number of carboxylic acid groups (broad SMARTS) is 1. The molecule has 1 aromatic carbocycles. The molecule has 2 fully saturated rings. The van der Waals surface area contributed by atoms with Gasteiger partial charge in [0.2, 0.25) is 5.91 Å². The number of amides is 2. The first-order chi connectivity index (χ1) is 13.9. The fourth-order valence-corrected chi connectivity index (χ4v) is 5.20. The molecule has 29 heavy (non-hydrogen) atoms. The number of rotatable bonds is 3. The summed E-state index contributed by atoms with van der Waals surface area (Å²) in [5.41, 5.74) is 8.36. The van der Waals surface area contributed by atoms with E-state index in [2.05, 4.69) is 12.2 Å². The van der Waals surface area contributed by atoms with E-state index >= 15 is 0 Å². The van der Waals surface area contributed by atoms with Gasteiger partial charge < -0.3 is 20.9 Å². The lowest BCUT2D eigenvalue weighted by atomic mass is 9.76. The molecule has 2 heterocycles. The second kappa shape index (κ2) is 7.95. The maximum absolute atomic E-state index is 12.7. The molecule has 1 unspecified atom stereocenters. The predicted molar refractivity (Wildman–Crippen MR) is 111 cm³/mol. The van der Waals surface area contributed by atoms with Crippen molar-refractivity contribution in [2.24, 2.45) is 17.6 Å². The van der Waals surface area contributed by atoms with E-state index < -0.39 is 12.1 Å². The van der Waals surface area contributed by atoms with Gasteiger partial charge in [-0.1, -0.05) is 25.8 Å². The number of benzene rings is 1. The van der Waals surface area contributed by atoms with Gasteiger partial charge in [0.05, 0.1) is 11.7 Å². The predicted octanol–water partition coefficient (Wildman–Crippen LogP) is 3.32. The number of hydrogen-bond donors (Lipinski definition) is 3. The van der Waals surface area contributed by atoms with Crippen molar-refractivity contribution in [2.45, 2.75) is 56.9 Å². The summed E-state index contributed by atoms with van der Waals surface area (Å²) in [5, 5.41) is 12.6. The molecule has 0 radical (unpaired) electrons. The van der Waals surface area contributed by atoms with Crippen LogP contribution in [0.25, 0.3) is 0 Å². The maximum Gasteiger partial charge on any atom is 0.411 e. The molecule has 0 aromatic heterocycles. The van der Waals surface area contributed by atoms with E-state index in [1.54, 1.807) is 6.07 Å². The standard InChI is InChI=1S/C22H31N3O4/c1-14-2-4-15(5-3-14)19(23)20(26)24-16-6-7-17-18(12-16)25(21(27)28)13-22(17)8-10-29-11-9-22/h6-7,12,14-15,19H,2-5,8-11,13,23H2,1H3,(H,24,26)(H,27,28)/t14-,15-,19?. The van der Waals surface area contributed by atoms with Gasteiger partial charge in [-0.05, 0) is 55.2 Å². The van der Waals surface area contributed by atoms with Gasteiger partial charge in [0.15, 0.2) is 0 Å². The summed E-state index contributed by atoms with van der Waals surface area (Å²) in [5.74, 6) is 0.726. The molecular formula is C22H31N3O4. The molecule has 2 aliphatic heterocycles. The van der Waals surface area contributed by atoms with Crippen molar-refractivity contribution >= 4 is 23.4 Å². The Morgan fingerprint density at radius 2 is 1.93 bits per heavy atom. The van der Waals surface area contributed by atoms with Crippen LogP contribution < -0.4 is 16.0 Å². The number of carbonyl (C=O) groups is 2. The number of carbonyl (C=O) groups excluding carboxylic acids is 1. The van der Waals surface area contributed by atoms with Crippen LogP contribution in [0.15, 0.2) is 18.2 Å². The zero-order valence-electron chi connectivity index (χ0n) is 17.0. The van der Waals surface area contributed by atoms with Crippen molar-refractivity contribution in [2.75, 3.05) is 30.0 Å². The third-order valence-electron chi connectivity index (χ3n) is 7.14. The topological polar surface area (TPSA) is 105 Å². The van der Waals surface area contributed by atoms with Crippen LogP contribution >= 0.6 is 0 Å². The molecule has 1 saturated carbocycles. The van der Waals surface area contributed by atoms with Crippen molar-refractivity contribution in [1.82, 2.24) is 0 Å². The first kappa shape index (κ1) is 20.2. The Hall–Kier alpha value is -2.12. The Bertz CT molecular complexity index is 782. The Morgan fingerprint density at radius 3 is 2.59 bits per heavy atom. The molecule has 1 atom stereocenters. The van der Waals surface area contributed by atoms with E-state index in [0.29, 0.717) is 37.1 Å². The van der Waals surface area contributed by atoms with Gasteiger partial charge in [-0.15, -0.1) is 0 Å². The highest BCUT2D eigenvalue weighted by molar-refractivity contribution is 5.97. The molecule has 3 aliphatic rings. The smallest absolute Gasteiger partial charge is 0.411 e. The summed E-state index contributed by atoms with van der Waals surface area (Å²) < 4.78 is 5.50. The van der Waals surface area contributed by atoms with Gasteiger partial charge in [0.25, 0.3) is 0 Å². The number of nitrogens with one attached hydrogen (secondary N) is 1. The van der Waals surface area contributed by atoms with Gasteiger partial charge in [0, 0.05) is 30.9 Å². The first-order valence-electron chi connectivity index (χ1n) is 10.7. The monoisotopic (exact) mass is 401 g/mol. The first-order valence-corrected chi connectivity index (χ1v) is 10.7. The van der Waals surface area contributed by atoms with Crippen molar-refractivity contribution in [3.8, 4) is 0 Å². The molecule has 4 rings (SSSR count). The van der Waals surface area contributed by atoms with Crippen molar-refractivity contribution < 1.29 is 19.4 Å². The number of hydrogen-bond acceptors (Lipinski definition) is 4. The summed E-state index contributed by atoms with van der Waals surface area (Å²) in [6, 6.07) is 5.08. The van der Waals surface area contributed by atoms with Crippen LogP contribution in [0.4, 0.5) is 16.2 Å². The van der Waals surface area contributed by atoms with Crippen LogP contribution in [0.3, 0.4) is 0 Å². The number of ether oxygens (including phenoxy) is 1. The van der Waals surface area contributed by atoms with Crippen LogP contribution in [0.2, 0.25) is 0 Å². The molecule has 1 aromatic rings. The van der Waals surface area contributed by atoms with Crippen molar-refractivity contribution in [3.05, 3.63) is 23.8 Å².